The van der Waals surface area contributed by atoms with E-state index in [1.165, 1.54) is 0 Å². The van der Waals surface area contributed by atoms with E-state index in [-0.39, 0.29) is 6.61 Å². The van der Waals surface area contributed by atoms with Crippen LogP contribution < -0.4 is 0 Å². The molecule has 0 atom stereocenters. The Morgan fingerprint density at radius 3 is 2.89 bits per heavy atom. The fraction of sp³-hybridized carbons (Fsp3) is 0.545. The number of rotatable bonds is 7. The van der Waals surface area contributed by atoms with Gasteiger partial charge in [0.15, 0.2) is 11.0 Å². The van der Waals surface area contributed by atoms with Crippen LogP contribution in [0.1, 0.15) is 19.2 Å². The first-order valence-corrected chi connectivity index (χ1v) is 6.97. The molecule has 0 aliphatic rings. The normalized spacial score (nSPS) is 11.0. The Morgan fingerprint density at radius 2 is 2.22 bits per heavy atom. The minimum atomic E-state index is -0.0628. The SMILES string of the molecule is CCCn1c(CO)nnc1SCCn1cccn1. The molecule has 2 rings (SSSR count). The summed E-state index contributed by atoms with van der Waals surface area (Å²) in [5, 5.41) is 22.3. The molecule has 98 valence electrons. The van der Waals surface area contributed by atoms with Crippen LogP contribution in [0.25, 0.3) is 0 Å². The molecular weight excluding hydrogens is 250 g/mol. The minimum absolute atomic E-state index is 0.0628. The second-order valence-corrected chi connectivity index (χ2v) is 4.89. The second kappa shape index (κ2) is 6.55. The van der Waals surface area contributed by atoms with Gasteiger partial charge in [0.2, 0.25) is 0 Å². The third-order valence-corrected chi connectivity index (χ3v) is 3.44. The molecule has 0 radical (unpaired) electrons. The summed E-state index contributed by atoms with van der Waals surface area (Å²) in [6.45, 7) is 3.71. The van der Waals surface area contributed by atoms with Crippen LogP contribution in [0.3, 0.4) is 0 Å². The maximum absolute atomic E-state index is 9.19. The Balaban J connectivity index is 1.94. The van der Waals surface area contributed by atoms with Crippen LogP contribution in [0.15, 0.2) is 23.6 Å². The summed E-state index contributed by atoms with van der Waals surface area (Å²) in [4.78, 5) is 0. The number of aliphatic hydroxyl groups excluding tert-OH is 1. The molecule has 7 heteroatoms. The van der Waals surface area contributed by atoms with Crippen LogP contribution in [0.4, 0.5) is 0 Å². The van der Waals surface area contributed by atoms with Crippen molar-refractivity contribution in [3.05, 3.63) is 24.3 Å². The van der Waals surface area contributed by atoms with Gasteiger partial charge in [-0.1, -0.05) is 18.7 Å². The Morgan fingerprint density at radius 1 is 1.33 bits per heavy atom. The number of thioether (sulfide) groups is 1. The van der Waals surface area contributed by atoms with Crippen molar-refractivity contribution in [2.45, 2.75) is 38.2 Å². The molecule has 2 aromatic rings. The zero-order valence-electron chi connectivity index (χ0n) is 10.4. The topological polar surface area (TPSA) is 68.8 Å². The van der Waals surface area contributed by atoms with Crippen molar-refractivity contribution in [1.29, 1.82) is 0 Å². The van der Waals surface area contributed by atoms with E-state index in [9.17, 15) is 5.11 Å². The van der Waals surface area contributed by atoms with Crippen molar-refractivity contribution in [3.8, 4) is 0 Å². The van der Waals surface area contributed by atoms with Gasteiger partial charge in [0.05, 0.1) is 6.54 Å². The molecule has 0 amide bonds. The van der Waals surface area contributed by atoms with Gasteiger partial charge in [-0.05, 0) is 12.5 Å². The van der Waals surface area contributed by atoms with Crippen molar-refractivity contribution >= 4 is 11.8 Å². The monoisotopic (exact) mass is 267 g/mol. The Bertz CT molecular complexity index is 468. The molecule has 2 heterocycles. The van der Waals surface area contributed by atoms with Gasteiger partial charge in [-0.2, -0.15) is 5.10 Å². The number of aliphatic hydroxyl groups is 1. The molecule has 0 bridgehead atoms. The Hall–Kier alpha value is -1.34. The van der Waals surface area contributed by atoms with Crippen LogP contribution in [0, 0.1) is 0 Å². The second-order valence-electron chi connectivity index (χ2n) is 3.83. The maximum Gasteiger partial charge on any atom is 0.191 e. The summed E-state index contributed by atoms with van der Waals surface area (Å²) in [7, 11) is 0. The summed E-state index contributed by atoms with van der Waals surface area (Å²) >= 11 is 1.64. The van der Waals surface area contributed by atoms with E-state index in [2.05, 4.69) is 22.2 Å². The molecule has 18 heavy (non-hydrogen) atoms. The molecule has 0 spiro atoms. The zero-order chi connectivity index (χ0) is 12.8. The molecule has 1 N–H and O–H groups in total. The number of hydrogen-bond acceptors (Lipinski definition) is 5. The van der Waals surface area contributed by atoms with Crippen molar-refractivity contribution < 1.29 is 5.11 Å². The summed E-state index contributed by atoms with van der Waals surface area (Å²) < 4.78 is 3.87. The largest absolute Gasteiger partial charge is 0.388 e. The van der Waals surface area contributed by atoms with Crippen molar-refractivity contribution in [2.24, 2.45) is 0 Å². The third kappa shape index (κ3) is 3.11. The third-order valence-electron chi connectivity index (χ3n) is 2.49. The standard InChI is InChI=1S/C11H17N5OS/c1-2-5-16-10(9-17)13-14-11(16)18-8-7-15-6-3-4-12-15/h3-4,6,17H,2,5,7-9H2,1H3. The quantitative estimate of drug-likeness (QED) is 0.763. The number of aromatic nitrogens is 5. The van der Waals surface area contributed by atoms with E-state index in [4.69, 9.17) is 0 Å². The average Bonchev–Trinajstić information content (AvgIpc) is 3.00. The lowest BCUT2D eigenvalue weighted by Gasteiger charge is -2.07. The summed E-state index contributed by atoms with van der Waals surface area (Å²) in [6, 6.07) is 1.91. The molecule has 6 nitrogen and oxygen atoms in total. The minimum Gasteiger partial charge on any atom is -0.388 e. The van der Waals surface area contributed by atoms with E-state index < -0.39 is 0 Å². The Kier molecular flexibility index (Phi) is 4.77. The van der Waals surface area contributed by atoms with Crippen LogP contribution in [-0.4, -0.2) is 35.4 Å². The lowest BCUT2D eigenvalue weighted by molar-refractivity contribution is 0.263. The highest BCUT2D eigenvalue weighted by molar-refractivity contribution is 7.99. The smallest absolute Gasteiger partial charge is 0.191 e. The van der Waals surface area contributed by atoms with E-state index in [1.807, 2.05) is 21.5 Å². The predicted molar refractivity (Wildman–Crippen MR) is 69.2 cm³/mol. The van der Waals surface area contributed by atoms with Gasteiger partial charge < -0.3 is 9.67 Å². The van der Waals surface area contributed by atoms with Gasteiger partial charge in [0.1, 0.15) is 6.61 Å². The first-order valence-electron chi connectivity index (χ1n) is 5.98. The number of hydrogen-bond donors (Lipinski definition) is 1. The number of nitrogens with zero attached hydrogens (tertiary/aromatic N) is 5. The van der Waals surface area contributed by atoms with Crippen molar-refractivity contribution in [2.75, 3.05) is 5.75 Å². The first kappa shape index (κ1) is 13.1. The van der Waals surface area contributed by atoms with Gasteiger partial charge in [-0.25, -0.2) is 0 Å². The van der Waals surface area contributed by atoms with Crippen LogP contribution in [0.2, 0.25) is 0 Å². The van der Waals surface area contributed by atoms with E-state index in [0.29, 0.717) is 5.82 Å². The Labute approximate surface area is 110 Å². The van der Waals surface area contributed by atoms with Crippen LogP contribution in [0.5, 0.6) is 0 Å². The van der Waals surface area contributed by atoms with Crippen LogP contribution >= 0.6 is 11.8 Å². The summed E-state index contributed by atoms with van der Waals surface area (Å²) in [5.41, 5.74) is 0. The number of aryl methyl sites for hydroxylation is 1. The van der Waals surface area contributed by atoms with E-state index in [0.717, 1.165) is 30.4 Å². The molecule has 0 saturated carbocycles. The maximum atomic E-state index is 9.19. The highest BCUT2D eigenvalue weighted by Gasteiger charge is 2.10. The van der Waals surface area contributed by atoms with Crippen LogP contribution in [-0.2, 0) is 19.7 Å². The first-order chi connectivity index (χ1) is 8.85. The van der Waals surface area contributed by atoms with Gasteiger partial charge >= 0.3 is 0 Å². The molecule has 0 aliphatic heterocycles. The van der Waals surface area contributed by atoms with E-state index in [1.54, 1.807) is 18.0 Å². The fourth-order valence-corrected chi connectivity index (χ4v) is 2.57. The molecule has 0 unspecified atom stereocenters. The van der Waals surface area contributed by atoms with Gasteiger partial charge in [0.25, 0.3) is 0 Å². The molecule has 0 fully saturated rings. The lowest BCUT2D eigenvalue weighted by Crippen LogP contribution is -2.06. The van der Waals surface area contributed by atoms with Gasteiger partial charge in [-0.3, -0.25) is 4.68 Å². The van der Waals surface area contributed by atoms with Gasteiger partial charge in [0, 0.05) is 24.7 Å². The van der Waals surface area contributed by atoms with E-state index >= 15 is 0 Å². The fourth-order valence-electron chi connectivity index (χ4n) is 1.65. The van der Waals surface area contributed by atoms with Crippen molar-refractivity contribution in [1.82, 2.24) is 24.5 Å². The summed E-state index contributed by atoms with van der Waals surface area (Å²) in [5.74, 6) is 1.52. The highest BCUT2D eigenvalue weighted by atomic mass is 32.2. The predicted octanol–water partition coefficient (Wildman–Crippen LogP) is 1.17. The summed E-state index contributed by atoms with van der Waals surface area (Å²) in [6.07, 6.45) is 4.71. The average molecular weight is 267 g/mol. The zero-order valence-corrected chi connectivity index (χ0v) is 11.2. The molecule has 0 aromatic carbocycles. The van der Waals surface area contributed by atoms with Crippen molar-refractivity contribution in [3.63, 3.8) is 0 Å². The molecule has 0 saturated heterocycles. The molecule has 0 aliphatic carbocycles. The van der Waals surface area contributed by atoms with Gasteiger partial charge in [-0.15, -0.1) is 10.2 Å². The highest BCUT2D eigenvalue weighted by Crippen LogP contribution is 2.17. The lowest BCUT2D eigenvalue weighted by atomic mass is 10.4. The molecular formula is C11H17N5OS. The molecule has 2 aromatic heterocycles.